The third-order valence-electron chi connectivity index (χ3n) is 5.58. The van der Waals surface area contributed by atoms with Crippen LogP contribution in [0.15, 0.2) is 43.0 Å². The minimum absolute atomic E-state index is 0.0428. The number of carbonyl (C=O) groups excluding carboxylic acids is 1. The zero-order chi connectivity index (χ0) is 25.5. The Balaban J connectivity index is 1.87. The molecule has 0 saturated carbocycles. The van der Waals surface area contributed by atoms with Gasteiger partial charge in [0.25, 0.3) is 5.91 Å². The highest BCUT2D eigenvalue weighted by Gasteiger charge is 2.56. The molecule has 1 fully saturated rings. The zero-order valence-corrected chi connectivity index (χ0v) is 21.0. The number of amides is 1. The van der Waals surface area contributed by atoms with Crippen molar-refractivity contribution in [2.45, 2.75) is 30.3 Å². The molecule has 1 aliphatic heterocycles. The number of alkyl halides is 3. The predicted molar refractivity (Wildman–Crippen MR) is 131 cm³/mol. The Morgan fingerprint density at radius 1 is 1.18 bits per heavy atom. The van der Waals surface area contributed by atoms with Crippen molar-refractivity contribution in [2.75, 3.05) is 11.5 Å². The predicted octanol–water partition coefficient (Wildman–Crippen LogP) is 5.30. The number of sulfone groups is 1. The average molecular weight is 553 g/mol. The van der Waals surface area contributed by atoms with Gasteiger partial charge < -0.3 is 5.32 Å². The summed E-state index contributed by atoms with van der Waals surface area (Å²) in [5.74, 6) is -0.683. The molecule has 3 rings (SSSR count). The molecule has 3 N–H and O–H groups in total. The van der Waals surface area contributed by atoms with Crippen molar-refractivity contribution in [3.63, 3.8) is 0 Å². The maximum atomic E-state index is 14.3. The number of allylic oxidation sites excluding steroid dienone is 1. The third-order valence-corrected chi connectivity index (χ3v) is 8.85. The summed E-state index contributed by atoms with van der Waals surface area (Å²) in [4.78, 5) is 12.5. The molecule has 2 aromatic carbocycles. The van der Waals surface area contributed by atoms with Gasteiger partial charge in [-0.2, -0.15) is 13.2 Å². The molecule has 0 bridgehead atoms. The summed E-state index contributed by atoms with van der Waals surface area (Å²) in [6.07, 6.45) is -5.35. The number of hydrogen-bond donors (Lipinski definition) is 2. The number of nitrogens with two attached hydrogens (primary N) is 1. The van der Waals surface area contributed by atoms with Crippen LogP contribution in [-0.2, 0) is 14.6 Å². The van der Waals surface area contributed by atoms with Crippen LogP contribution in [0.25, 0.3) is 5.57 Å². The molecule has 0 spiro atoms. The van der Waals surface area contributed by atoms with E-state index in [0.717, 1.165) is 0 Å². The highest BCUT2D eigenvalue weighted by Crippen LogP contribution is 2.53. The van der Waals surface area contributed by atoms with Gasteiger partial charge in [0.1, 0.15) is 0 Å². The van der Waals surface area contributed by atoms with Crippen molar-refractivity contribution < 1.29 is 26.4 Å². The molecule has 0 radical (unpaired) electrons. The maximum Gasteiger partial charge on any atom is 0.408 e. The van der Waals surface area contributed by atoms with Crippen LogP contribution in [0.3, 0.4) is 0 Å². The molecule has 34 heavy (non-hydrogen) atoms. The van der Waals surface area contributed by atoms with Gasteiger partial charge >= 0.3 is 6.18 Å². The summed E-state index contributed by atoms with van der Waals surface area (Å²) in [5, 5.41) is 8.33. The van der Waals surface area contributed by atoms with E-state index in [-0.39, 0.29) is 50.2 Å². The molecule has 1 heterocycles. The fourth-order valence-corrected chi connectivity index (χ4v) is 6.25. The lowest BCUT2D eigenvalue weighted by Crippen LogP contribution is -2.53. The van der Waals surface area contributed by atoms with Crippen molar-refractivity contribution >= 4 is 56.5 Å². The second kappa shape index (κ2) is 9.73. The van der Waals surface area contributed by atoms with Crippen molar-refractivity contribution in [1.29, 1.82) is 0 Å². The summed E-state index contributed by atoms with van der Waals surface area (Å²) in [5.41, 5.74) is 1.14. The molecule has 12 heteroatoms. The van der Waals surface area contributed by atoms with E-state index in [9.17, 15) is 26.4 Å². The van der Waals surface area contributed by atoms with Crippen LogP contribution in [0.4, 0.5) is 13.2 Å². The van der Waals surface area contributed by atoms with E-state index in [1.54, 1.807) is 13.0 Å². The molecule has 1 saturated heterocycles. The molecule has 0 aliphatic carbocycles. The lowest BCUT2D eigenvalue weighted by Gasteiger charge is -2.35. The van der Waals surface area contributed by atoms with E-state index in [2.05, 4.69) is 11.9 Å². The Labute approximate surface area is 209 Å². The Bertz CT molecular complexity index is 1220. The Morgan fingerprint density at radius 2 is 1.76 bits per heavy atom. The van der Waals surface area contributed by atoms with Crippen molar-refractivity contribution in [2.24, 2.45) is 5.14 Å². The first-order valence-corrected chi connectivity index (χ1v) is 13.3. The molecule has 0 aromatic heterocycles. The minimum atomic E-state index is -4.76. The second-order valence-corrected chi connectivity index (χ2v) is 12.1. The molecule has 1 amide bonds. The molecule has 5 nitrogen and oxygen atoms in total. The van der Waals surface area contributed by atoms with Gasteiger partial charge in [0, 0.05) is 22.0 Å². The standard InChI is InChI=1S/C22H21Cl2F3N2O3S2/c1-12-5-14(3-4-19(12)20(30)29-18-10-34(31,32)11-18)13(2)9-21(33-28,22(25,26)27)15-6-16(23)8-17(24)7-15/h3-8,18H,2,9-11,28H2,1H3,(H,29,30). The first-order valence-electron chi connectivity index (χ1n) is 9.89. The van der Waals surface area contributed by atoms with Gasteiger partial charge in [-0.3, -0.25) is 9.93 Å². The van der Waals surface area contributed by atoms with Gasteiger partial charge in [0.05, 0.1) is 17.5 Å². The first-order chi connectivity index (χ1) is 15.7. The van der Waals surface area contributed by atoms with Gasteiger partial charge in [-0.1, -0.05) is 53.9 Å². The Hall–Kier alpha value is -1.72. The number of aryl methyl sites for hydroxylation is 1. The zero-order valence-electron chi connectivity index (χ0n) is 17.9. The molecule has 1 atom stereocenters. The van der Waals surface area contributed by atoms with E-state index in [4.69, 9.17) is 28.3 Å². The average Bonchev–Trinajstić information content (AvgIpc) is 2.68. The minimum Gasteiger partial charge on any atom is -0.347 e. The first kappa shape index (κ1) is 26.9. The van der Waals surface area contributed by atoms with Crippen molar-refractivity contribution in [3.8, 4) is 0 Å². The number of hydrogen-bond acceptors (Lipinski definition) is 5. The largest absolute Gasteiger partial charge is 0.408 e. The second-order valence-electron chi connectivity index (χ2n) is 8.16. The van der Waals surface area contributed by atoms with E-state index in [1.165, 1.54) is 30.3 Å². The monoisotopic (exact) mass is 552 g/mol. The summed E-state index contributed by atoms with van der Waals surface area (Å²) in [7, 11) is -3.09. The Kier molecular flexibility index (Phi) is 7.69. The maximum absolute atomic E-state index is 14.3. The number of benzene rings is 2. The van der Waals surface area contributed by atoms with Crippen LogP contribution >= 0.6 is 35.1 Å². The highest BCUT2D eigenvalue weighted by atomic mass is 35.5. The number of halogens is 5. The number of rotatable bonds is 7. The fraction of sp³-hybridized carbons (Fsp3) is 0.318. The molecule has 1 aliphatic rings. The highest BCUT2D eigenvalue weighted by molar-refractivity contribution is 7.98. The van der Waals surface area contributed by atoms with Crippen LogP contribution in [0.1, 0.15) is 33.5 Å². The number of carbonyl (C=O) groups is 1. The molecular formula is C22H21Cl2F3N2O3S2. The van der Waals surface area contributed by atoms with E-state index in [0.29, 0.717) is 11.1 Å². The van der Waals surface area contributed by atoms with Crippen LogP contribution < -0.4 is 10.5 Å². The molecule has 2 aromatic rings. The Morgan fingerprint density at radius 3 is 2.24 bits per heavy atom. The van der Waals surface area contributed by atoms with Gasteiger partial charge in [-0.05, 0) is 53.5 Å². The summed E-state index contributed by atoms with van der Waals surface area (Å²) in [6.45, 7) is 5.48. The van der Waals surface area contributed by atoms with Crippen LogP contribution in [0, 0.1) is 6.92 Å². The van der Waals surface area contributed by atoms with Gasteiger partial charge in [0.15, 0.2) is 14.6 Å². The third kappa shape index (κ3) is 5.57. The summed E-state index contributed by atoms with van der Waals surface area (Å²) < 4.78 is 63.0. The van der Waals surface area contributed by atoms with Gasteiger partial charge in [-0.15, -0.1) is 0 Å². The molecule has 184 valence electrons. The van der Waals surface area contributed by atoms with Crippen LogP contribution in [0.5, 0.6) is 0 Å². The lowest BCUT2D eigenvalue weighted by atomic mass is 9.87. The lowest BCUT2D eigenvalue weighted by molar-refractivity contribution is -0.160. The summed E-state index contributed by atoms with van der Waals surface area (Å²) >= 11 is 12.0. The van der Waals surface area contributed by atoms with E-state index >= 15 is 0 Å². The topological polar surface area (TPSA) is 89.3 Å². The molecule has 1 unspecified atom stereocenters. The van der Waals surface area contributed by atoms with Crippen LogP contribution in [0.2, 0.25) is 10.0 Å². The number of nitrogens with one attached hydrogen (secondary N) is 1. The van der Waals surface area contributed by atoms with E-state index in [1.807, 2.05) is 0 Å². The van der Waals surface area contributed by atoms with Crippen molar-refractivity contribution in [3.05, 3.63) is 75.3 Å². The van der Waals surface area contributed by atoms with Crippen LogP contribution in [-0.4, -0.2) is 38.0 Å². The fourth-order valence-electron chi connectivity index (χ4n) is 3.78. The smallest absolute Gasteiger partial charge is 0.347 e. The molecular weight excluding hydrogens is 532 g/mol. The van der Waals surface area contributed by atoms with Crippen molar-refractivity contribution in [1.82, 2.24) is 5.32 Å². The normalized spacial score (nSPS) is 17.5. The van der Waals surface area contributed by atoms with Gasteiger partial charge in [0.2, 0.25) is 0 Å². The van der Waals surface area contributed by atoms with Gasteiger partial charge in [-0.25, -0.2) is 8.42 Å². The van der Waals surface area contributed by atoms with E-state index < -0.39 is 39.1 Å². The SMILES string of the molecule is C=C(CC(SN)(c1cc(Cl)cc(Cl)c1)C(F)(F)F)c1ccc(C(=O)NC2CS(=O)(=O)C2)c(C)c1. The quantitative estimate of drug-likeness (QED) is 0.455. The summed E-state index contributed by atoms with van der Waals surface area (Å²) in [6, 6.07) is 7.75.